The minimum absolute atomic E-state index is 0.283. The van der Waals surface area contributed by atoms with Crippen LogP contribution in [-0.4, -0.2) is 47.1 Å². The zero-order valence-corrected chi connectivity index (χ0v) is 22.0. The molecule has 0 saturated carbocycles. The maximum Gasteiger partial charge on any atom is 0.333 e. The lowest BCUT2D eigenvalue weighted by molar-refractivity contribution is -0.139. The van der Waals surface area contributed by atoms with Gasteiger partial charge in [-0.1, -0.05) is 89.7 Å². The van der Waals surface area contributed by atoms with Gasteiger partial charge in [-0.05, 0) is 46.0 Å². The van der Waals surface area contributed by atoms with E-state index in [1.54, 1.807) is 13.8 Å². The Morgan fingerprint density at radius 2 is 1.06 bits per heavy atom. The van der Waals surface area contributed by atoms with Crippen LogP contribution < -0.4 is 0 Å². The van der Waals surface area contributed by atoms with Crippen LogP contribution in [0.15, 0.2) is 23.8 Å². The third-order valence-electron chi connectivity index (χ3n) is 5.53. The number of carboxylic acids is 1. The second kappa shape index (κ2) is 27.6. The van der Waals surface area contributed by atoms with Gasteiger partial charge in [0.05, 0.1) is 6.61 Å². The van der Waals surface area contributed by atoms with E-state index >= 15 is 0 Å². The lowest BCUT2D eigenvalue weighted by Crippen LogP contribution is -2.05. The van der Waals surface area contributed by atoms with Crippen LogP contribution in [0.25, 0.3) is 0 Å². The number of aliphatic carboxylic acids is 1. The Balaban J connectivity index is 0. The first kappa shape index (κ1) is 34.5. The van der Waals surface area contributed by atoms with Crippen molar-refractivity contribution in [3.63, 3.8) is 0 Å². The summed E-state index contributed by atoms with van der Waals surface area (Å²) in [6, 6.07) is 0. The molecule has 0 saturated heterocycles. The molecule has 0 heterocycles. The summed E-state index contributed by atoms with van der Waals surface area (Å²) in [6.45, 7) is 7.97. The zero-order chi connectivity index (χ0) is 25.9. The van der Waals surface area contributed by atoms with E-state index < -0.39 is 5.97 Å². The van der Waals surface area contributed by atoms with Gasteiger partial charge >= 0.3 is 11.9 Å². The van der Waals surface area contributed by atoms with Crippen LogP contribution in [0.1, 0.15) is 123 Å². The summed E-state index contributed by atoms with van der Waals surface area (Å²) >= 11 is 0. The normalized spacial score (nSPS) is 11.0. The first-order valence-corrected chi connectivity index (χ1v) is 13.3. The van der Waals surface area contributed by atoms with Gasteiger partial charge in [-0.2, -0.15) is 0 Å². The van der Waals surface area contributed by atoms with Crippen molar-refractivity contribution < 1.29 is 29.6 Å². The highest BCUT2D eigenvalue weighted by Crippen LogP contribution is 2.11. The van der Waals surface area contributed by atoms with E-state index in [1.807, 2.05) is 6.08 Å². The fourth-order valence-corrected chi connectivity index (χ4v) is 3.29. The number of unbranched alkanes of at least 4 members (excludes halogenated alkanes) is 15. The molecule has 0 radical (unpaired) electrons. The first-order valence-electron chi connectivity index (χ1n) is 13.3. The van der Waals surface area contributed by atoms with Crippen molar-refractivity contribution in [1.82, 2.24) is 0 Å². The minimum Gasteiger partial charge on any atom is -0.478 e. The van der Waals surface area contributed by atoms with E-state index in [9.17, 15) is 9.59 Å². The van der Waals surface area contributed by atoms with Crippen molar-refractivity contribution in [3.8, 4) is 0 Å². The summed E-state index contributed by atoms with van der Waals surface area (Å²) in [6.07, 6.45) is 21.0. The zero-order valence-electron chi connectivity index (χ0n) is 22.0. The van der Waals surface area contributed by atoms with Gasteiger partial charge in [0.15, 0.2) is 0 Å². The van der Waals surface area contributed by atoms with Crippen molar-refractivity contribution >= 4 is 11.9 Å². The monoisotopic (exact) mass is 484 g/mol. The molecule has 0 fully saturated rings. The Morgan fingerprint density at radius 1 is 0.676 bits per heavy atom. The molecule has 34 heavy (non-hydrogen) atoms. The third-order valence-corrected chi connectivity index (χ3v) is 5.53. The second-order valence-corrected chi connectivity index (χ2v) is 9.00. The molecule has 0 atom stereocenters. The fraction of sp³-hybridized carbons (Fsp3) is 0.786. The number of esters is 1. The predicted molar refractivity (Wildman–Crippen MR) is 140 cm³/mol. The maximum absolute atomic E-state index is 11.0. The summed E-state index contributed by atoms with van der Waals surface area (Å²) in [5.74, 6) is -1.09. The summed E-state index contributed by atoms with van der Waals surface area (Å²) in [5.41, 5.74) is 0.919. The number of hydrogen-bond acceptors (Lipinski definition) is 5. The molecule has 0 aliphatic heterocycles. The molecule has 6 nitrogen and oxygen atoms in total. The first-order chi connectivity index (χ1) is 16.4. The summed E-state index contributed by atoms with van der Waals surface area (Å²) in [4.78, 5) is 21.5. The van der Waals surface area contributed by atoms with E-state index in [0.29, 0.717) is 31.0 Å². The standard InChI is InChI=1S/2C14H26O3/c1-13(2)14(16)17-12-10-8-6-4-3-5-7-9-11-15;1-13(14(16)17)11-9-7-5-3-2-4-6-8-10-12-15/h15H,1,3-12H2,2H3;11,15H,2-10,12H2,1H3,(H,16,17). The predicted octanol–water partition coefficient (Wildman–Crippen LogP) is 6.74. The topological polar surface area (TPSA) is 104 Å². The molecule has 0 spiro atoms. The maximum atomic E-state index is 11.0. The molecule has 3 N–H and O–H groups in total. The highest BCUT2D eigenvalue weighted by Gasteiger charge is 2.01. The van der Waals surface area contributed by atoms with Crippen LogP contribution in [0.3, 0.4) is 0 Å². The summed E-state index contributed by atoms with van der Waals surface area (Å²) in [5, 5.41) is 25.8. The minimum atomic E-state index is -0.811. The molecule has 0 aromatic carbocycles. The van der Waals surface area contributed by atoms with Crippen LogP contribution in [-0.2, 0) is 14.3 Å². The molecule has 6 heteroatoms. The molecule has 0 bridgehead atoms. The van der Waals surface area contributed by atoms with Gasteiger partial charge in [0.25, 0.3) is 0 Å². The fourth-order valence-electron chi connectivity index (χ4n) is 3.29. The third kappa shape index (κ3) is 28.4. The molecule has 0 unspecified atom stereocenters. The molecule has 200 valence electrons. The average Bonchev–Trinajstić information content (AvgIpc) is 2.81. The number of carbonyl (C=O) groups is 2. The number of carboxylic acid groups (broad SMARTS) is 1. The van der Waals surface area contributed by atoms with Crippen LogP contribution in [0.4, 0.5) is 0 Å². The van der Waals surface area contributed by atoms with Crippen molar-refractivity contribution in [2.24, 2.45) is 0 Å². The summed E-state index contributed by atoms with van der Waals surface area (Å²) in [7, 11) is 0. The number of aliphatic hydroxyl groups excluding tert-OH is 2. The van der Waals surface area contributed by atoms with Gasteiger partial charge in [-0.25, -0.2) is 9.59 Å². The van der Waals surface area contributed by atoms with E-state index in [-0.39, 0.29) is 5.97 Å². The number of allylic oxidation sites excluding steroid dienone is 1. The van der Waals surface area contributed by atoms with Crippen molar-refractivity contribution in [1.29, 1.82) is 0 Å². The quantitative estimate of drug-likeness (QED) is 0.0893. The van der Waals surface area contributed by atoms with Gasteiger partial charge in [-0.15, -0.1) is 0 Å². The molecule has 0 aliphatic rings. The highest BCUT2D eigenvalue weighted by molar-refractivity contribution is 5.86. The largest absolute Gasteiger partial charge is 0.478 e. The molecular weight excluding hydrogens is 432 g/mol. The van der Waals surface area contributed by atoms with Gasteiger partial charge in [-0.3, -0.25) is 0 Å². The molecule has 0 amide bonds. The Kier molecular flexibility index (Phi) is 28.0. The highest BCUT2D eigenvalue weighted by atomic mass is 16.5. The van der Waals surface area contributed by atoms with Crippen molar-refractivity contribution in [2.75, 3.05) is 19.8 Å². The van der Waals surface area contributed by atoms with E-state index in [4.69, 9.17) is 20.1 Å². The molecule has 0 aromatic heterocycles. The lowest BCUT2D eigenvalue weighted by Gasteiger charge is -2.04. The number of rotatable bonds is 22. The van der Waals surface area contributed by atoms with Crippen LogP contribution in [0.5, 0.6) is 0 Å². The number of carbonyl (C=O) groups excluding carboxylic acids is 1. The molecule has 0 aliphatic carbocycles. The van der Waals surface area contributed by atoms with Gasteiger partial charge < -0.3 is 20.1 Å². The van der Waals surface area contributed by atoms with Gasteiger partial charge in [0, 0.05) is 24.4 Å². The van der Waals surface area contributed by atoms with Crippen LogP contribution >= 0.6 is 0 Å². The smallest absolute Gasteiger partial charge is 0.333 e. The van der Waals surface area contributed by atoms with Crippen LogP contribution in [0, 0.1) is 0 Å². The number of hydrogen-bond donors (Lipinski definition) is 3. The Labute approximate surface area is 208 Å². The van der Waals surface area contributed by atoms with Gasteiger partial charge in [0.2, 0.25) is 0 Å². The van der Waals surface area contributed by atoms with Gasteiger partial charge in [0.1, 0.15) is 0 Å². The Morgan fingerprint density at radius 3 is 1.44 bits per heavy atom. The molecular formula is C28H52O6. The van der Waals surface area contributed by atoms with E-state index in [0.717, 1.165) is 51.4 Å². The Bertz CT molecular complexity index is 527. The molecule has 0 rings (SSSR count). The van der Waals surface area contributed by atoms with Crippen molar-refractivity contribution in [2.45, 2.75) is 123 Å². The van der Waals surface area contributed by atoms with E-state index in [2.05, 4.69) is 6.58 Å². The number of aliphatic hydroxyl groups is 2. The van der Waals surface area contributed by atoms with E-state index in [1.165, 1.54) is 57.8 Å². The molecule has 0 aromatic rings. The van der Waals surface area contributed by atoms with Crippen LogP contribution in [0.2, 0.25) is 0 Å². The summed E-state index contributed by atoms with van der Waals surface area (Å²) < 4.78 is 5.00. The average molecular weight is 485 g/mol. The van der Waals surface area contributed by atoms with Crippen molar-refractivity contribution in [3.05, 3.63) is 23.8 Å². The Hall–Kier alpha value is -1.66. The lowest BCUT2D eigenvalue weighted by atomic mass is 10.1. The second-order valence-electron chi connectivity index (χ2n) is 9.00. The SMILES string of the molecule is C=C(C)C(=O)OCCCCCCCCCCO.CC(=CCCCCCCCCCCO)C(=O)O. The number of ether oxygens (including phenoxy) is 1.